The highest BCUT2D eigenvalue weighted by molar-refractivity contribution is 7.12. The minimum Gasteiger partial charge on any atom is -0.322 e. The Hall–Kier alpha value is -2.92. The summed E-state index contributed by atoms with van der Waals surface area (Å²) in [6.07, 6.45) is 0.792. The van der Waals surface area contributed by atoms with Crippen molar-refractivity contribution in [1.82, 2.24) is 0 Å². The van der Waals surface area contributed by atoms with E-state index < -0.39 is 0 Å². The van der Waals surface area contributed by atoms with Gasteiger partial charge in [-0.3, -0.25) is 9.59 Å². The second kappa shape index (κ2) is 6.77. The molecule has 4 rings (SSSR count). The summed E-state index contributed by atoms with van der Waals surface area (Å²) < 4.78 is 0. The Balaban J connectivity index is 1.54. The zero-order valence-corrected chi connectivity index (χ0v) is 15.2. The average molecular weight is 362 g/mol. The van der Waals surface area contributed by atoms with Crippen molar-refractivity contribution in [3.8, 4) is 0 Å². The van der Waals surface area contributed by atoms with Gasteiger partial charge in [0, 0.05) is 23.5 Å². The maximum absolute atomic E-state index is 12.6. The van der Waals surface area contributed by atoms with E-state index in [1.54, 1.807) is 0 Å². The third-order valence-corrected chi connectivity index (χ3v) is 5.46. The standard InChI is InChI=1S/C21H18N2O2S/c1-14-5-2-3-6-17(14)20(24)22-16-8-9-18-15(13-16)10-11-23(18)21(25)19-7-4-12-26-19/h2-9,12-13H,10-11H2,1H3,(H,22,24). The topological polar surface area (TPSA) is 49.4 Å². The molecule has 5 heteroatoms. The molecular weight excluding hydrogens is 344 g/mol. The van der Waals surface area contributed by atoms with Crippen molar-refractivity contribution in [3.63, 3.8) is 0 Å². The van der Waals surface area contributed by atoms with Gasteiger partial charge in [-0.25, -0.2) is 0 Å². The maximum atomic E-state index is 12.6. The van der Waals surface area contributed by atoms with E-state index in [2.05, 4.69) is 5.32 Å². The lowest BCUT2D eigenvalue weighted by Crippen LogP contribution is -2.28. The predicted molar refractivity (Wildman–Crippen MR) is 105 cm³/mol. The highest BCUT2D eigenvalue weighted by atomic mass is 32.1. The molecule has 1 aromatic heterocycles. The van der Waals surface area contributed by atoms with Gasteiger partial charge >= 0.3 is 0 Å². The molecule has 0 saturated carbocycles. The number of anilines is 2. The van der Waals surface area contributed by atoms with E-state index in [1.165, 1.54) is 11.3 Å². The summed E-state index contributed by atoms with van der Waals surface area (Å²) in [7, 11) is 0. The van der Waals surface area contributed by atoms with E-state index in [0.717, 1.165) is 33.8 Å². The number of nitrogens with one attached hydrogen (secondary N) is 1. The van der Waals surface area contributed by atoms with Gasteiger partial charge in [-0.05, 0) is 60.2 Å². The van der Waals surface area contributed by atoms with Gasteiger partial charge in [-0.15, -0.1) is 11.3 Å². The molecule has 2 amide bonds. The number of carbonyl (C=O) groups is 2. The predicted octanol–water partition coefficient (Wildman–Crippen LogP) is 4.51. The van der Waals surface area contributed by atoms with Gasteiger partial charge < -0.3 is 10.2 Å². The first kappa shape index (κ1) is 16.5. The number of hydrogen-bond donors (Lipinski definition) is 1. The van der Waals surface area contributed by atoms with Crippen molar-refractivity contribution >= 4 is 34.5 Å². The zero-order chi connectivity index (χ0) is 18.1. The maximum Gasteiger partial charge on any atom is 0.268 e. The first-order valence-corrected chi connectivity index (χ1v) is 9.37. The van der Waals surface area contributed by atoms with E-state index in [4.69, 9.17) is 0 Å². The van der Waals surface area contributed by atoms with E-state index in [9.17, 15) is 9.59 Å². The number of aryl methyl sites for hydroxylation is 1. The van der Waals surface area contributed by atoms with Crippen LogP contribution in [0.15, 0.2) is 60.0 Å². The first-order valence-electron chi connectivity index (χ1n) is 8.49. The first-order chi connectivity index (χ1) is 12.6. The van der Waals surface area contributed by atoms with Crippen LogP contribution in [0.3, 0.4) is 0 Å². The Bertz CT molecular complexity index is 979. The van der Waals surface area contributed by atoms with Crippen LogP contribution in [0.2, 0.25) is 0 Å². The summed E-state index contributed by atoms with van der Waals surface area (Å²) in [5, 5.41) is 4.87. The Morgan fingerprint density at radius 3 is 2.69 bits per heavy atom. The van der Waals surface area contributed by atoms with Crippen LogP contribution >= 0.6 is 11.3 Å². The number of benzene rings is 2. The van der Waals surface area contributed by atoms with E-state index >= 15 is 0 Å². The average Bonchev–Trinajstić information content (AvgIpc) is 3.31. The van der Waals surface area contributed by atoms with Crippen LogP contribution in [0.5, 0.6) is 0 Å². The number of nitrogens with zero attached hydrogens (tertiary/aromatic N) is 1. The SMILES string of the molecule is Cc1ccccc1C(=O)Nc1ccc2c(c1)CCN2C(=O)c1cccs1. The molecule has 1 aliphatic heterocycles. The van der Waals surface area contributed by atoms with E-state index in [-0.39, 0.29) is 11.8 Å². The van der Waals surface area contributed by atoms with Crippen molar-refractivity contribution in [2.45, 2.75) is 13.3 Å². The highest BCUT2D eigenvalue weighted by Gasteiger charge is 2.26. The van der Waals surface area contributed by atoms with Crippen molar-refractivity contribution < 1.29 is 9.59 Å². The molecule has 0 fully saturated rings. The van der Waals surface area contributed by atoms with Gasteiger partial charge in [-0.2, -0.15) is 0 Å². The summed E-state index contributed by atoms with van der Waals surface area (Å²) in [5.41, 5.74) is 4.37. The molecule has 0 saturated heterocycles. The number of thiophene rings is 1. The molecule has 0 bridgehead atoms. The van der Waals surface area contributed by atoms with Crippen LogP contribution < -0.4 is 10.2 Å². The molecule has 4 nitrogen and oxygen atoms in total. The second-order valence-corrected chi connectivity index (χ2v) is 7.24. The monoisotopic (exact) mass is 362 g/mol. The van der Waals surface area contributed by atoms with Crippen molar-refractivity contribution in [3.05, 3.63) is 81.5 Å². The fraction of sp³-hybridized carbons (Fsp3) is 0.143. The largest absolute Gasteiger partial charge is 0.322 e. The summed E-state index contributed by atoms with van der Waals surface area (Å²) in [5.74, 6) is -0.0805. The van der Waals surface area contributed by atoms with Crippen molar-refractivity contribution in [2.75, 3.05) is 16.8 Å². The van der Waals surface area contributed by atoms with E-state index in [0.29, 0.717) is 12.1 Å². The van der Waals surface area contributed by atoms with Gasteiger partial charge in [0.25, 0.3) is 11.8 Å². The van der Waals surface area contributed by atoms with Crippen molar-refractivity contribution in [2.24, 2.45) is 0 Å². The molecule has 0 spiro atoms. The van der Waals surface area contributed by atoms with Crippen molar-refractivity contribution in [1.29, 1.82) is 0 Å². The summed E-state index contributed by atoms with van der Waals surface area (Å²) in [6, 6.07) is 17.0. The Labute approximate surface area is 156 Å². The molecule has 0 atom stereocenters. The number of amides is 2. The molecule has 2 heterocycles. The molecular formula is C21H18N2O2S. The summed E-state index contributed by atoms with van der Waals surface area (Å²) >= 11 is 1.45. The molecule has 130 valence electrons. The van der Waals surface area contributed by atoms with Crippen LogP contribution in [0.25, 0.3) is 0 Å². The van der Waals surface area contributed by atoms with Gasteiger partial charge in [0.05, 0.1) is 4.88 Å². The lowest BCUT2D eigenvalue weighted by atomic mass is 10.1. The summed E-state index contributed by atoms with van der Waals surface area (Å²) in [6.45, 7) is 2.59. The van der Waals surface area contributed by atoms with Crippen LogP contribution in [0, 0.1) is 6.92 Å². The lowest BCUT2D eigenvalue weighted by molar-refractivity contribution is 0.0991. The van der Waals surface area contributed by atoms with Gasteiger partial charge in [0.2, 0.25) is 0 Å². The van der Waals surface area contributed by atoms with Crippen LogP contribution in [0.1, 0.15) is 31.2 Å². The lowest BCUT2D eigenvalue weighted by Gasteiger charge is -2.17. The quantitative estimate of drug-likeness (QED) is 0.745. The fourth-order valence-corrected chi connectivity index (χ4v) is 3.92. The number of fused-ring (bicyclic) bond motifs is 1. The molecule has 3 aromatic rings. The van der Waals surface area contributed by atoms with Crippen LogP contribution in [-0.2, 0) is 6.42 Å². The zero-order valence-electron chi connectivity index (χ0n) is 14.4. The van der Waals surface area contributed by atoms with E-state index in [1.807, 2.05) is 71.8 Å². The minimum absolute atomic E-state index is 0.0374. The smallest absolute Gasteiger partial charge is 0.268 e. The van der Waals surface area contributed by atoms with Crippen LogP contribution in [0.4, 0.5) is 11.4 Å². The molecule has 0 unspecified atom stereocenters. The minimum atomic E-state index is -0.118. The van der Waals surface area contributed by atoms with Gasteiger partial charge in [-0.1, -0.05) is 24.3 Å². The normalized spacial score (nSPS) is 12.7. The number of rotatable bonds is 3. The number of carbonyl (C=O) groups excluding carboxylic acids is 2. The molecule has 0 radical (unpaired) electrons. The van der Waals surface area contributed by atoms with Crippen LogP contribution in [-0.4, -0.2) is 18.4 Å². The highest BCUT2D eigenvalue weighted by Crippen LogP contribution is 2.32. The van der Waals surface area contributed by atoms with Gasteiger partial charge in [0.1, 0.15) is 0 Å². The third-order valence-electron chi connectivity index (χ3n) is 4.60. The van der Waals surface area contributed by atoms with Gasteiger partial charge in [0.15, 0.2) is 0 Å². The molecule has 26 heavy (non-hydrogen) atoms. The molecule has 2 aromatic carbocycles. The summed E-state index contributed by atoms with van der Waals surface area (Å²) in [4.78, 5) is 27.7. The Morgan fingerprint density at radius 1 is 1.08 bits per heavy atom. The second-order valence-electron chi connectivity index (χ2n) is 6.30. The molecule has 0 aliphatic carbocycles. The Morgan fingerprint density at radius 2 is 1.92 bits per heavy atom. The fourth-order valence-electron chi connectivity index (χ4n) is 3.25. The molecule has 1 aliphatic rings. The molecule has 1 N–H and O–H groups in total. The number of hydrogen-bond acceptors (Lipinski definition) is 3. The Kier molecular flexibility index (Phi) is 4.31. The third kappa shape index (κ3) is 3.02.